The van der Waals surface area contributed by atoms with Gasteiger partial charge in [-0.15, -0.1) is 0 Å². The molecule has 4 unspecified atom stereocenters. The molecule has 0 heterocycles. The van der Waals surface area contributed by atoms with E-state index < -0.39 is 35.6 Å². The number of nitrogens with zero attached hydrogens (tertiary/aromatic N) is 1. The number of hydrogen-bond acceptors (Lipinski definition) is 5. The molecule has 2 aromatic carbocycles. The fourth-order valence-corrected chi connectivity index (χ4v) is 4.51. The van der Waals surface area contributed by atoms with Gasteiger partial charge in [0.25, 0.3) is 0 Å². The number of hydrogen-bond donors (Lipinski definition) is 3. The normalized spacial score (nSPS) is 17.9. The lowest BCUT2D eigenvalue weighted by atomic mass is 9.99. The number of carbonyl (C=O) groups is 4. The molecule has 3 rings (SSSR count). The van der Waals surface area contributed by atoms with Crippen LogP contribution in [-0.4, -0.2) is 46.4 Å². The zero-order valence-electron chi connectivity index (χ0n) is 23.4. The molecule has 4 amide bonds. The number of nitrogens with two attached hydrogens (primary N) is 1. The zero-order valence-corrected chi connectivity index (χ0v) is 23.4. The Morgan fingerprint density at radius 3 is 2.31 bits per heavy atom. The summed E-state index contributed by atoms with van der Waals surface area (Å²) in [4.78, 5) is 53.9. The van der Waals surface area contributed by atoms with Crippen molar-refractivity contribution in [3.63, 3.8) is 0 Å². The molecular weight excluding hydrogens is 496 g/mol. The first-order valence-electron chi connectivity index (χ1n) is 13.3. The SMILES string of the molecule is Cc1cccc(C(C(=O)NCc2ccccc2)N(C(=O)C(CCC(N)=O)NC(=O)OC(C)(C)C)C2CC2C)c1. The molecule has 0 radical (unpaired) electrons. The summed E-state index contributed by atoms with van der Waals surface area (Å²) in [5.41, 5.74) is 7.14. The molecule has 4 N–H and O–H groups in total. The zero-order chi connectivity index (χ0) is 28.7. The molecule has 0 spiro atoms. The highest BCUT2D eigenvalue weighted by Gasteiger charge is 2.48. The standard InChI is InChI=1S/C30H40N4O5/c1-19-10-9-13-22(16-19)26(27(36)32-18-21-11-7-6-8-12-21)34(24-17-20(24)2)28(37)23(14-15-25(31)35)33-29(38)39-30(3,4)5/h6-13,16,20,23-24,26H,14-15,17-18H2,1-5H3,(H2,31,35)(H,32,36)(H,33,38). The van der Waals surface area contributed by atoms with Gasteiger partial charge in [-0.25, -0.2) is 4.79 Å². The summed E-state index contributed by atoms with van der Waals surface area (Å²) in [6.45, 7) is 9.39. The van der Waals surface area contributed by atoms with Crippen LogP contribution in [0.15, 0.2) is 54.6 Å². The maximum Gasteiger partial charge on any atom is 0.408 e. The van der Waals surface area contributed by atoms with E-state index in [1.165, 1.54) is 0 Å². The van der Waals surface area contributed by atoms with Crippen LogP contribution < -0.4 is 16.4 Å². The van der Waals surface area contributed by atoms with Gasteiger partial charge in [0, 0.05) is 19.0 Å². The van der Waals surface area contributed by atoms with Crippen molar-refractivity contribution >= 4 is 23.8 Å². The van der Waals surface area contributed by atoms with Crippen molar-refractivity contribution in [3.05, 3.63) is 71.3 Å². The predicted molar refractivity (Wildman–Crippen MR) is 148 cm³/mol. The highest BCUT2D eigenvalue weighted by Crippen LogP contribution is 2.41. The van der Waals surface area contributed by atoms with Gasteiger partial charge in [-0.2, -0.15) is 0 Å². The maximum atomic E-state index is 14.2. The maximum absolute atomic E-state index is 14.2. The lowest BCUT2D eigenvalue weighted by Crippen LogP contribution is -2.54. The van der Waals surface area contributed by atoms with Crippen LogP contribution in [0.4, 0.5) is 4.79 Å². The lowest BCUT2D eigenvalue weighted by molar-refractivity contribution is -0.143. The molecule has 0 bridgehead atoms. The van der Waals surface area contributed by atoms with Crippen LogP contribution in [0.1, 0.15) is 69.7 Å². The van der Waals surface area contributed by atoms with Crippen LogP contribution in [-0.2, 0) is 25.7 Å². The fourth-order valence-electron chi connectivity index (χ4n) is 4.51. The third-order valence-corrected chi connectivity index (χ3v) is 6.54. The minimum absolute atomic E-state index is 0.0167. The van der Waals surface area contributed by atoms with Gasteiger partial charge in [0.15, 0.2) is 0 Å². The molecule has 1 fully saturated rings. The Hall–Kier alpha value is -3.88. The Labute approximate surface area is 230 Å². The van der Waals surface area contributed by atoms with E-state index in [0.717, 1.165) is 17.5 Å². The number of carbonyl (C=O) groups excluding carboxylic acids is 4. The van der Waals surface area contributed by atoms with Gasteiger partial charge in [-0.05, 0) is 57.6 Å². The Balaban J connectivity index is 1.97. The Morgan fingerprint density at radius 2 is 1.74 bits per heavy atom. The van der Waals surface area contributed by atoms with E-state index in [1.807, 2.05) is 68.4 Å². The Bertz CT molecular complexity index is 1180. The molecule has 9 heteroatoms. The number of aryl methyl sites for hydroxylation is 1. The van der Waals surface area contributed by atoms with E-state index in [0.29, 0.717) is 12.1 Å². The second-order valence-electron chi connectivity index (χ2n) is 11.2. The lowest BCUT2D eigenvalue weighted by Gasteiger charge is -2.35. The van der Waals surface area contributed by atoms with Crippen molar-refractivity contribution in [2.24, 2.45) is 11.7 Å². The van der Waals surface area contributed by atoms with Crippen molar-refractivity contribution in [1.29, 1.82) is 0 Å². The van der Waals surface area contributed by atoms with Gasteiger partial charge < -0.3 is 26.0 Å². The highest BCUT2D eigenvalue weighted by atomic mass is 16.6. The summed E-state index contributed by atoms with van der Waals surface area (Å²) in [7, 11) is 0. The van der Waals surface area contributed by atoms with Gasteiger partial charge in [-0.1, -0.05) is 67.1 Å². The molecule has 2 aromatic rings. The average Bonchev–Trinajstić information content (AvgIpc) is 3.58. The fraction of sp³-hybridized carbons (Fsp3) is 0.467. The van der Waals surface area contributed by atoms with E-state index in [9.17, 15) is 19.2 Å². The number of primary amides is 1. The van der Waals surface area contributed by atoms with Crippen molar-refractivity contribution in [1.82, 2.24) is 15.5 Å². The molecule has 0 aliphatic heterocycles. The van der Waals surface area contributed by atoms with E-state index >= 15 is 0 Å². The first-order chi connectivity index (χ1) is 18.4. The smallest absolute Gasteiger partial charge is 0.408 e. The van der Waals surface area contributed by atoms with Gasteiger partial charge in [-0.3, -0.25) is 14.4 Å². The van der Waals surface area contributed by atoms with E-state index in [1.54, 1.807) is 25.7 Å². The molecule has 4 atom stereocenters. The van der Waals surface area contributed by atoms with Gasteiger partial charge in [0.2, 0.25) is 17.7 Å². The number of nitrogens with one attached hydrogen (secondary N) is 2. The van der Waals surface area contributed by atoms with Crippen molar-refractivity contribution < 1.29 is 23.9 Å². The molecule has 9 nitrogen and oxygen atoms in total. The number of ether oxygens (including phenoxy) is 1. The number of benzene rings is 2. The molecule has 39 heavy (non-hydrogen) atoms. The van der Waals surface area contributed by atoms with Gasteiger partial charge >= 0.3 is 6.09 Å². The second-order valence-corrected chi connectivity index (χ2v) is 11.2. The van der Waals surface area contributed by atoms with E-state index in [4.69, 9.17) is 10.5 Å². The third kappa shape index (κ3) is 8.84. The quantitative estimate of drug-likeness (QED) is 0.403. The number of amides is 4. The van der Waals surface area contributed by atoms with Crippen molar-refractivity contribution in [2.45, 2.75) is 84.2 Å². The van der Waals surface area contributed by atoms with Crippen LogP contribution in [0.3, 0.4) is 0 Å². The highest BCUT2D eigenvalue weighted by molar-refractivity contribution is 5.93. The molecule has 1 aliphatic carbocycles. The van der Waals surface area contributed by atoms with Crippen LogP contribution in [0.25, 0.3) is 0 Å². The van der Waals surface area contributed by atoms with Crippen LogP contribution >= 0.6 is 0 Å². The first-order valence-corrected chi connectivity index (χ1v) is 13.3. The predicted octanol–water partition coefficient (Wildman–Crippen LogP) is 3.75. The third-order valence-electron chi connectivity index (χ3n) is 6.54. The largest absolute Gasteiger partial charge is 0.444 e. The summed E-state index contributed by atoms with van der Waals surface area (Å²) in [5, 5.41) is 5.62. The summed E-state index contributed by atoms with van der Waals surface area (Å²) in [5.74, 6) is -1.22. The summed E-state index contributed by atoms with van der Waals surface area (Å²) < 4.78 is 5.38. The van der Waals surface area contributed by atoms with Crippen LogP contribution in [0.5, 0.6) is 0 Å². The van der Waals surface area contributed by atoms with Crippen molar-refractivity contribution in [2.75, 3.05) is 0 Å². The average molecular weight is 537 g/mol. The minimum Gasteiger partial charge on any atom is -0.444 e. The van der Waals surface area contributed by atoms with Crippen LogP contribution in [0, 0.1) is 12.8 Å². The first kappa shape index (κ1) is 29.7. The van der Waals surface area contributed by atoms with E-state index in [2.05, 4.69) is 10.6 Å². The van der Waals surface area contributed by atoms with Crippen molar-refractivity contribution in [3.8, 4) is 0 Å². The molecular formula is C30H40N4O5. The topological polar surface area (TPSA) is 131 Å². The summed E-state index contributed by atoms with van der Waals surface area (Å²) in [6, 6.07) is 14.8. The molecule has 1 saturated carbocycles. The van der Waals surface area contributed by atoms with E-state index in [-0.39, 0.29) is 30.7 Å². The molecule has 0 saturated heterocycles. The molecule has 0 aromatic heterocycles. The minimum atomic E-state index is -1.10. The monoisotopic (exact) mass is 536 g/mol. The summed E-state index contributed by atoms with van der Waals surface area (Å²) in [6.07, 6.45) is -0.198. The summed E-state index contributed by atoms with van der Waals surface area (Å²) >= 11 is 0. The molecule has 210 valence electrons. The number of alkyl carbamates (subject to hydrolysis) is 1. The Kier molecular flexibility index (Phi) is 9.72. The second kappa shape index (κ2) is 12.8. The Morgan fingerprint density at radius 1 is 1.08 bits per heavy atom. The van der Waals surface area contributed by atoms with Gasteiger partial charge in [0.05, 0.1) is 0 Å². The van der Waals surface area contributed by atoms with Gasteiger partial charge in [0.1, 0.15) is 17.7 Å². The van der Waals surface area contributed by atoms with Crippen LogP contribution in [0.2, 0.25) is 0 Å². The molecule has 1 aliphatic rings. The number of rotatable bonds is 11.